The van der Waals surface area contributed by atoms with Crippen molar-refractivity contribution in [3.05, 3.63) is 58.6 Å². The van der Waals surface area contributed by atoms with Crippen LogP contribution in [0.15, 0.2) is 42.5 Å². The summed E-state index contributed by atoms with van der Waals surface area (Å²) in [7, 11) is 0. The molecule has 1 aliphatic heterocycles. The van der Waals surface area contributed by atoms with E-state index in [1.807, 2.05) is 32.0 Å². The molecule has 7 heteroatoms. The molecule has 30 heavy (non-hydrogen) atoms. The predicted molar refractivity (Wildman–Crippen MR) is 117 cm³/mol. The minimum Gasteiger partial charge on any atom is -0.455 e. The van der Waals surface area contributed by atoms with Gasteiger partial charge >= 0.3 is 5.97 Å². The third-order valence-electron chi connectivity index (χ3n) is 5.17. The summed E-state index contributed by atoms with van der Waals surface area (Å²) in [5.41, 5.74) is 3.63. The number of rotatable bonds is 7. The molecule has 0 aliphatic carbocycles. The van der Waals surface area contributed by atoms with E-state index in [4.69, 9.17) is 16.3 Å². The summed E-state index contributed by atoms with van der Waals surface area (Å²) in [5.74, 6) is -1.67. The number of carbonyl (C=O) groups excluding carboxylic acids is 3. The Hall–Kier alpha value is -2.86. The van der Waals surface area contributed by atoms with Gasteiger partial charge in [-0.25, -0.2) is 0 Å². The van der Waals surface area contributed by atoms with Gasteiger partial charge in [-0.3, -0.25) is 14.4 Å². The van der Waals surface area contributed by atoms with Crippen LogP contribution in [0.2, 0.25) is 5.02 Å². The Morgan fingerprint density at radius 1 is 1.10 bits per heavy atom. The fraction of sp³-hybridized carbons (Fsp3) is 0.348. The van der Waals surface area contributed by atoms with Gasteiger partial charge in [0.25, 0.3) is 5.91 Å². The smallest absolute Gasteiger partial charge is 0.311 e. The summed E-state index contributed by atoms with van der Waals surface area (Å²) in [5, 5.41) is 3.20. The van der Waals surface area contributed by atoms with E-state index in [1.54, 1.807) is 29.2 Å². The second-order valence-electron chi connectivity index (χ2n) is 7.20. The van der Waals surface area contributed by atoms with Gasteiger partial charge in [0.1, 0.15) is 0 Å². The van der Waals surface area contributed by atoms with Gasteiger partial charge in [0.2, 0.25) is 5.91 Å². The van der Waals surface area contributed by atoms with E-state index in [2.05, 4.69) is 5.32 Å². The van der Waals surface area contributed by atoms with E-state index in [0.29, 0.717) is 10.7 Å². The SMILES string of the molecule is CCc1cccc(CC)c1N1C[C@@H](C(=O)OCC(=O)Nc2ccc(Cl)cc2)CC1=O. The van der Waals surface area contributed by atoms with E-state index >= 15 is 0 Å². The molecule has 158 valence electrons. The molecule has 2 amide bonds. The highest BCUT2D eigenvalue weighted by atomic mass is 35.5. The molecule has 0 saturated carbocycles. The first-order chi connectivity index (χ1) is 14.4. The summed E-state index contributed by atoms with van der Waals surface area (Å²) in [6, 6.07) is 12.6. The van der Waals surface area contributed by atoms with Crippen molar-refractivity contribution in [3.63, 3.8) is 0 Å². The summed E-state index contributed by atoms with van der Waals surface area (Å²) < 4.78 is 5.17. The number of para-hydroxylation sites is 1. The van der Waals surface area contributed by atoms with Crippen molar-refractivity contribution in [2.45, 2.75) is 33.1 Å². The molecule has 1 saturated heterocycles. The molecule has 0 radical (unpaired) electrons. The van der Waals surface area contributed by atoms with Crippen LogP contribution in [0.25, 0.3) is 0 Å². The molecule has 1 aliphatic rings. The van der Waals surface area contributed by atoms with Crippen LogP contribution in [0.4, 0.5) is 11.4 Å². The molecule has 3 rings (SSSR count). The highest BCUT2D eigenvalue weighted by molar-refractivity contribution is 6.30. The number of benzene rings is 2. The largest absolute Gasteiger partial charge is 0.455 e. The van der Waals surface area contributed by atoms with E-state index in [-0.39, 0.29) is 18.9 Å². The molecule has 1 heterocycles. The molecule has 0 aromatic heterocycles. The van der Waals surface area contributed by atoms with Crippen LogP contribution in [-0.2, 0) is 32.0 Å². The van der Waals surface area contributed by atoms with Gasteiger partial charge in [-0.1, -0.05) is 43.6 Å². The van der Waals surface area contributed by atoms with Crippen molar-refractivity contribution in [3.8, 4) is 0 Å². The number of nitrogens with zero attached hydrogens (tertiary/aromatic N) is 1. The van der Waals surface area contributed by atoms with Crippen molar-refractivity contribution < 1.29 is 19.1 Å². The van der Waals surface area contributed by atoms with Gasteiger partial charge in [0.15, 0.2) is 6.61 Å². The zero-order valence-electron chi connectivity index (χ0n) is 17.1. The fourth-order valence-electron chi connectivity index (χ4n) is 3.63. The third-order valence-corrected chi connectivity index (χ3v) is 5.42. The molecule has 1 N–H and O–H groups in total. The highest BCUT2D eigenvalue weighted by Gasteiger charge is 2.37. The minimum absolute atomic E-state index is 0.0822. The second-order valence-corrected chi connectivity index (χ2v) is 7.64. The molecule has 1 fully saturated rings. The number of aryl methyl sites for hydroxylation is 2. The van der Waals surface area contributed by atoms with Crippen LogP contribution in [0.1, 0.15) is 31.4 Å². The average molecular weight is 429 g/mol. The fourth-order valence-corrected chi connectivity index (χ4v) is 3.75. The summed E-state index contributed by atoms with van der Waals surface area (Å²) in [6.45, 7) is 3.95. The first-order valence-corrected chi connectivity index (χ1v) is 10.4. The number of nitrogens with one attached hydrogen (secondary N) is 1. The number of hydrogen-bond acceptors (Lipinski definition) is 4. The van der Waals surface area contributed by atoms with Gasteiger partial charge in [-0.2, -0.15) is 0 Å². The van der Waals surface area contributed by atoms with Gasteiger partial charge in [-0.05, 0) is 48.2 Å². The second kappa shape index (κ2) is 9.76. The summed E-state index contributed by atoms with van der Waals surface area (Å²) in [6.07, 6.45) is 1.68. The number of halogens is 1. The first kappa shape index (κ1) is 21.8. The van der Waals surface area contributed by atoms with Gasteiger partial charge < -0.3 is 15.0 Å². The first-order valence-electron chi connectivity index (χ1n) is 10.1. The normalized spacial score (nSPS) is 15.9. The third kappa shape index (κ3) is 5.00. The number of carbonyl (C=O) groups is 3. The number of hydrogen-bond donors (Lipinski definition) is 1. The van der Waals surface area contributed by atoms with Crippen molar-refractivity contribution in [2.24, 2.45) is 5.92 Å². The van der Waals surface area contributed by atoms with Crippen molar-refractivity contribution in [1.82, 2.24) is 0 Å². The lowest BCUT2D eigenvalue weighted by atomic mass is 10.0. The summed E-state index contributed by atoms with van der Waals surface area (Å²) in [4.78, 5) is 38.9. The van der Waals surface area contributed by atoms with Crippen LogP contribution in [0.3, 0.4) is 0 Å². The van der Waals surface area contributed by atoms with E-state index < -0.39 is 24.4 Å². The number of ether oxygens (including phenoxy) is 1. The van der Waals surface area contributed by atoms with Crippen molar-refractivity contribution >= 4 is 40.8 Å². The summed E-state index contributed by atoms with van der Waals surface area (Å²) >= 11 is 5.82. The standard InChI is InChI=1S/C23H25ClN2O4/c1-3-15-6-5-7-16(4-2)22(15)26-13-17(12-21(26)28)23(29)30-14-20(27)25-19-10-8-18(24)9-11-19/h5-11,17H,3-4,12-14H2,1-2H3,(H,25,27)/t17-/m0/s1. The van der Waals surface area contributed by atoms with Crippen molar-refractivity contribution in [2.75, 3.05) is 23.4 Å². The number of anilines is 2. The Kier molecular flexibility index (Phi) is 7.11. The van der Waals surface area contributed by atoms with Gasteiger partial charge in [-0.15, -0.1) is 0 Å². The molecular formula is C23H25ClN2O4. The molecule has 1 atom stereocenters. The van der Waals surface area contributed by atoms with Crippen LogP contribution in [0.5, 0.6) is 0 Å². The lowest BCUT2D eigenvalue weighted by Crippen LogP contribution is -2.29. The van der Waals surface area contributed by atoms with Crippen LogP contribution in [-0.4, -0.2) is 30.9 Å². The maximum Gasteiger partial charge on any atom is 0.311 e. The maximum absolute atomic E-state index is 12.7. The molecule has 0 spiro atoms. The zero-order valence-corrected chi connectivity index (χ0v) is 17.9. The Labute approximate surface area is 181 Å². The van der Waals surface area contributed by atoms with E-state index in [9.17, 15) is 14.4 Å². The lowest BCUT2D eigenvalue weighted by molar-refractivity contribution is -0.151. The van der Waals surface area contributed by atoms with Gasteiger partial charge in [0.05, 0.1) is 5.92 Å². The lowest BCUT2D eigenvalue weighted by Gasteiger charge is -2.23. The number of esters is 1. The molecular weight excluding hydrogens is 404 g/mol. The van der Waals surface area contributed by atoms with Crippen LogP contribution >= 0.6 is 11.6 Å². The minimum atomic E-state index is -0.588. The van der Waals surface area contributed by atoms with Gasteiger partial charge in [0, 0.05) is 29.4 Å². The Bertz CT molecular complexity index is 920. The average Bonchev–Trinajstić information content (AvgIpc) is 3.14. The Balaban J connectivity index is 1.60. The van der Waals surface area contributed by atoms with Crippen LogP contribution < -0.4 is 10.2 Å². The number of amides is 2. The quantitative estimate of drug-likeness (QED) is 0.676. The topological polar surface area (TPSA) is 75.7 Å². The van der Waals surface area contributed by atoms with E-state index in [1.165, 1.54) is 0 Å². The maximum atomic E-state index is 12.7. The monoisotopic (exact) mass is 428 g/mol. The zero-order chi connectivity index (χ0) is 21.7. The Morgan fingerprint density at radius 3 is 2.33 bits per heavy atom. The molecule has 2 aromatic carbocycles. The predicted octanol–water partition coefficient (Wildman–Crippen LogP) is 4.00. The highest BCUT2D eigenvalue weighted by Crippen LogP contribution is 2.32. The van der Waals surface area contributed by atoms with Crippen molar-refractivity contribution in [1.29, 1.82) is 0 Å². The molecule has 2 aromatic rings. The molecule has 6 nitrogen and oxygen atoms in total. The van der Waals surface area contributed by atoms with Crippen LogP contribution in [0, 0.1) is 5.92 Å². The molecule has 0 bridgehead atoms. The molecule has 0 unspecified atom stereocenters. The Morgan fingerprint density at radius 2 is 1.73 bits per heavy atom. The van der Waals surface area contributed by atoms with E-state index in [0.717, 1.165) is 29.7 Å².